The SMILES string of the molecule is COc1ccc2[nH]c(=O)c(CN(C)C(=O)C(C)C)cc2c1. The molecule has 0 aliphatic carbocycles. The smallest absolute Gasteiger partial charge is 0.253 e. The Morgan fingerprint density at radius 2 is 2.05 bits per heavy atom. The first-order valence-electron chi connectivity index (χ1n) is 6.87. The molecule has 1 heterocycles. The molecule has 21 heavy (non-hydrogen) atoms. The summed E-state index contributed by atoms with van der Waals surface area (Å²) in [5.41, 5.74) is 1.14. The summed E-state index contributed by atoms with van der Waals surface area (Å²) < 4.78 is 5.19. The van der Waals surface area contributed by atoms with E-state index >= 15 is 0 Å². The maximum Gasteiger partial charge on any atom is 0.253 e. The van der Waals surface area contributed by atoms with Crippen molar-refractivity contribution in [1.29, 1.82) is 0 Å². The molecule has 0 atom stereocenters. The molecule has 5 heteroatoms. The van der Waals surface area contributed by atoms with Gasteiger partial charge in [0, 0.05) is 29.4 Å². The summed E-state index contributed by atoms with van der Waals surface area (Å²) in [6, 6.07) is 7.27. The van der Waals surface area contributed by atoms with Crippen molar-refractivity contribution in [2.75, 3.05) is 14.2 Å². The Hall–Kier alpha value is -2.30. The summed E-state index contributed by atoms with van der Waals surface area (Å²) >= 11 is 0. The number of nitrogens with zero attached hydrogens (tertiary/aromatic N) is 1. The van der Waals surface area contributed by atoms with E-state index in [1.807, 2.05) is 26.0 Å². The zero-order chi connectivity index (χ0) is 15.6. The summed E-state index contributed by atoms with van der Waals surface area (Å²) in [7, 11) is 3.31. The molecule has 0 fully saturated rings. The molecule has 0 spiro atoms. The Morgan fingerprint density at radius 1 is 1.33 bits per heavy atom. The van der Waals surface area contributed by atoms with Crippen LogP contribution in [-0.4, -0.2) is 29.9 Å². The maximum absolute atomic E-state index is 12.1. The summed E-state index contributed by atoms with van der Waals surface area (Å²) in [5, 5.41) is 0.884. The maximum atomic E-state index is 12.1. The van der Waals surface area contributed by atoms with Crippen molar-refractivity contribution in [3.05, 3.63) is 40.2 Å². The van der Waals surface area contributed by atoms with E-state index in [2.05, 4.69) is 4.98 Å². The van der Waals surface area contributed by atoms with Gasteiger partial charge in [0.05, 0.1) is 13.7 Å². The van der Waals surface area contributed by atoms with Crippen molar-refractivity contribution in [2.45, 2.75) is 20.4 Å². The fourth-order valence-corrected chi connectivity index (χ4v) is 2.25. The minimum Gasteiger partial charge on any atom is -0.497 e. The van der Waals surface area contributed by atoms with Crippen LogP contribution in [0.1, 0.15) is 19.4 Å². The third-order valence-corrected chi connectivity index (χ3v) is 3.41. The number of aromatic nitrogens is 1. The Morgan fingerprint density at radius 3 is 2.67 bits per heavy atom. The van der Waals surface area contributed by atoms with E-state index in [1.165, 1.54) is 0 Å². The number of H-pyrrole nitrogens is 1. The molecule has 1 aromatic heterocycles. The average Bonchev–Trinajstić information content (AvgIpc) is 2.46. The van der Waals surface area contributed by atoms with Crippen LogP contribution in [0.25, 0.3) is 10.9 Å². The molecule has 1 N–H and O–H groups in total. The van der Waals surface area contributed by atoms with Crippen LogP contribution in [0.4, 0.5) is 0 Å². The van der Waals surface area contributed by atoms with Gasteiger partial charge in [-0.3, -0.25) is 9.59 Å². The zero-order valence-electron chi connectivity index (χ0n) is 12.8. The third kappa shape index (κ3) is 3.24. The van der Waals surface area contributed by atoms with Gasteiger partial charge in [0.15, 0.2) is 0 Å². The summed E-state index contributed by atoms with van der Waals surface area (Å²) in [6.45, 7) is 3.97. The van der Waals surface area contributed by atoms with Gasteiger partial charge in [-0.1, -0.05) is 13.8 Å². The number of carbonyl (C=O) groups excluding carboxylic acids is 1. The van der Waals surface area contributed by atoms with Crippen LogP contribution in [0.3, 0.4) is 0 Å². The molecule has 0 unspecified atom stereocenters. The molecular formula is C16H20N2O3. The largest absolute Gasteiger partial charge is 0.497 e. The Bertz CT molecular complexity index is 719. The number of benzene rings is 1. The van der Waals surface area contributed by atoms with Gasteiger partial charge in [0.1, 0.15) is 5.75 Å². The predicted octanol–water partition coefficient (Wildman–Crippen LogP) is 2.15. The lowest BCUT2D eigenvalue weighted by atomic mass is 10.1. The first-order chi connectivity index (χ1) is 9.92. The molecule has 0 radical (unpaired) electrons. The van der Waals surface area contributed by atoms with Crippen LogP contribution in [-0.2, 0) is 11.3 Å². The van der Waals surface area contributed by atoms with Crippen molar-refractivity contribution < 1.29 is 9.53 Å². The quantitative estimate of drug-likeness (QED) is 0.937. The molecule has 5 nitrogen and oxygen atoms in total. The second-order valence-electron chi connectivity index (χ2n) is 5.43. The van der Waals surface area contributed by atoms with Crippen molar-refractivity contribution in [3.8, 4) is 5.75 Å². The van der Waals surface area contributed by atoms with E-state index in [4.69, 9.17) is 4.74 Å². The number of fused-ring (bicyclic) bond motifs is 1. The van der Waals surface area contributed by atoms with Crippen molar-refractivity contribution in [1.82, 2.24) is 9.88 Å². The van der Waals surface area contributed by atoms with E-state index in [9.17, 15) is 9.59 Å². The molecular weight excluding hydrogens is 268 g/mol. The number of rotatable bonds is 4. The fourth-order valence-electron chi connectivity index (χ4n) is 2.25. The number of aromatic amines is 1. The van der Waals surface area contributed by atoms with Gasteiger partial charge in [-0.25, -0.2) is 0 Å². The number of amides is 1. The van der Waals surface area contributed by atoms with Gasteiger partial charge < -0.3 is 14.6 Å². The lowest BCUT2D eigenvalue weighted by Gasteiger charge is -2.19. The monoisotopic (exact) mass is 288 g/mol. The number of nitrogens with one attached hydrogen (secondary N) is 1. The van der Waals surface area contributed by atoms with Gasteiger partial charge in [0.2, 0.25) is 5.91 Å². The number of pyridine rings is 1. The number of hydrogen-bond acceptors (Lipinski definition) is 3. The van der Waals surface area contributed by atoms with E-state index < -0.39 is 0 Å². The average molecular weight is 288 g/mol. The Balaban J connectivity index is 2.37. The number of methoxy groups -OCH3 is 1. The van der Waals surface area contributed by atoms with E-state index in [0.717, 1.165) is 16.7 Å². The van der Waals surface area contributed by atoms with Crippen LogP contribution in [0, 0.1) is 5.92 Å². The molecule has 112 valence electrons. The minimum absolute atomic E-state index is 0.0140. The topological polar surface area (TPSA) is 62.4 Å². The van der Waals surface area contributed by atoms with Crippen molar-refractivity contribution in [2.24, 2.45) is 5.92 Å². The first-order valence-corrected chi connectivity index (χ1v) is 6.87. The van der Waals surface area contributed by atoms with Crippen LogP contribution in [0.15, 0.2) is 29.1 Å². The van der Waals surface area contributed by atoms with Crippen LogP contribution in [0.5, 0.6) is 5.75 Å². The fraction of sp³-hybridized carbons (Fsp3) is 0.375. The zero-order valence-corrected chi connectivity index (χ0v) is 12.8. The van der Waals surface area contributed by atoms with E-state index in [1.54, 1.807) is 31.2 Å². The van der Waals surface area contributed by atoms with Gasteiger partial charge in [0.25, 0.3) is 5.56 Å². The minimum atomic E-state index is -0.170. The van der Waals surface area contributed by atoms with Crippen LogP contribution < -0.4 is 10.3 Å². The molecule has 1 aromatic carbocycles. The lowest BCUT2D eigenvalue weighted by Crippen LogP contribution is -2.32. The first kappa shape index (κ1) is 15.1. The highest BCUT2D eigenvalue weighted by Crippen LogP contribution is 2.19. The number of hydrogen-bond donors (Lipinski definition) is 1. The molecule has 0 bridgehead atoms. The normalized spacial score (nSPS) is 10.9. The van der Waals surface area contributed by atoms with E-state index in [0.29, 0.717) is 12.1 Å². The molecule has 2 rings (SSSR count). The van der Waals surface area contributed by atoms with Crippen molar-refractivity contribution >= 4 is 16.8 Å². The molecule has 0 aliphatic heterocycles. The van der Waals surface area contributed by atoms with E-state index in [-0.39, 0.29) is 17.4 Å². The molecule has 0 saturated carbocycles. The summed E-state index contributed by atoms with van der Waals surface area (Å²) in [4.78, 5) is 28.4. The second kappa shape index (κ2) is 5.99. The Kier molecular flexibility index (Phi) is 4.31. The van der Waals surface area contributed by atoms with Crippen molar-refractivity contribution in [3.63, 3.8) is 0 Å². The van der Waals surface area contributed by atoms with Crippen LogP contribution in [0.2, 0.25) is 0 Å². The summed E-state index contributed by atoms with van der Waals surface area (Å²) in [6.07, 6.45) is 0. The van der Waals surface area contributed by atoms with Gasteiger partial charge in [-0.2, -0.15) is 0 Å². The number of carbonyl (C=O) groups is 1. The van der Waals surface area contributed by atoms with Crippen LogP contribution >= 0.6 is 0 Å². The second-order valence-corrected chi connectivity index (χ2v) is 5.43. The summed E-state index contributed by atoms with van der Waals surface area (Å²) in [5.74, 6) is 0.655. The lowest BCUT2D eigenvalue weighted by molar-refractivity contribution is -0.133. The Labute approximate surface area is 123 Å². The van der Waals surface area contributed by atoms with Gasteiger partial charge in [-0.15, -0.1) is 0 Å². The standard InChI is InChI=1S/C16H20N2O3/c1-10(2)16(20)18(3)9-12-7-11-8-13(21-4)5-6-14(11)17-15(12)19/h5-8,10H,9H2,1-4H3,(H,17,19). The number of ether oxygens (including phenoxy) is 1. The highest BCUT2D eigenvalue weighted by atomic mass is 16.5. The molecule has 0 saturated heterocycles. The van der Waals surface area contributed by atoms with Gasteiger partial charge >= 0.3 is 0 Å². The van der Waals surface area contributed by atoms with Gasteiger partial charge in [-0.05, 0) is 24.3 Å². The third-order valence-electron chi connectivity index (χ3n) is 3.41. The predicted molar refractivity (Wildman–Crippen MR) is 82.4 cm³/mol. The molecule has 0 aliphatic rings. The molecule has 1 amide bonds. The highest BCUT2D eigenvalue weighted by Gasteiger charge is 2.15. The molecule has 2 aromatic rings. The highest BCUT2D eigenvalue weighted by molar-refractivity contribution is 5.81.